The van der Waals surface area contributed by atoms with E-state index < -0.39 is 11.9 Å². The van der Waals surface area contributed by atoms with Gasteiger partial charge >= 0.3 is 6.03 Å². The molecule has 0 aromatic carbocycles. The molecule has 0 aliphatic carbocycles. The van der Waals surface area contributed by atoms with Gasteiger partial charge in [-0.15, -0.1) is 23.1 Å². The predicted octanol–water partition coefficient (Wildman–Crippen LogP) is 2.73. The molecule has 0 aliphatic rings. The third-order valence-corrected chi connectivity index (χ3v) is 4.27. The average Bonchev–Trinajstić information content (AvgIpc) is 2.98. The summed E-state index contributed by atoms with van der Waals surface area (Å²) < 4.78 is 5.81. The molecule has 19 heavy (non-hydrogen) atoms. The minimum absolute atomic E-state index is 0.263. The van der Waals surface area contributed by atoms with Gasteiger partial charge in [-0.1, -0.05) is 5.16 Å². The number of anilines is 1. The first-order chi connectivity index (χ1) is 9.08. The van der Waals surface area contributed by atoms with E-state index in [2.05, 4.69) is 15.8 Å². The summed E-state index contributed by atoms with van der Waals surface area (Å²) in [6, 6.07) is 4.43. The lowest BCUT2D eigenvalue weighted by Gasteiger charge is -2.01. The van der Waals surface area contributed by atoms with Crippen molar-refractivity contribution in [3.8, 4) is 0 Å². The molecule has 2 heterocycles. The fourth-order valence-corrected chi connectivity index (χ4v) is 2.73. The molecule has 0 aliphatic heterocycles. The smallest absolute Gasteiger partial charge is 0.327 e. The van der Waals surface area contributed by atoms with Crippen LogP contribution in [0.4, 0.5) is 10.6 Å². The van der Waals surface area contributed by atoms with Gasteiger partial charge in [0.05, 0.1) is 9.09 Å². The van der Waals surface area contributed by atoms with E-state index in [0.29, 0.717) is 10.6 Å². The fraction of sp³-hybridized carbons (Fsp3) is 0.182. The molecule has 0 saturated heterocycles. The lowest BCUT2D eigenvalue weighted by molar-refractivity contribution is 0.0971. The maximum absolute atomic E-state index is 11.8. The van der Waals surface area contributed by atoms with E-state index in [9.17, 15) is 9.59 Å². The number of rotatable bonds is 3. The van der Waals surface area contributed by atoms with Crippen LogP contribution in [-0.2, 0) is 0 Å². The molecule has 0 fully saturated rings. The Morgan fingerprint density at radius 3 is 2.79 bits per heavy atom. The maximum Gasteiger partial charge on any atom is 0.327 e. The highest BCUT2D eigenvalue weighted by molar-refractivity contribution is 8.00. The Hall–Kier alpha value is -1.80. The topological polar surface area (TPSA) is 84.2 Å². The van der Waals surface area contributed by atoms with Crippen LogP contribution in [0.5, 0.6) is 0 Å². The molecule has 8 heteroatoms. The van der Waals surface area contributed by atoms with E-state index in [1.807, 2.05) is 12.3 Å². The van der Waals surface area contributed by atoms with Crippen molar-refractivity contribution < 1.29 is 14.1 Å². The molecule has 6 nitrogen and oxygen atoms in total. The van der Waals surface area contributed by atoms with Crippen molar-refractivity contribution in [2.75, 3.05) is 11.6 Å². The summed E-state index contributed by atoms with van der Waals surface area (Å²) in [7, 11) is 0. The largest absolute Gasteiger partial charge is 0.360 e. The summed E-state index contributed by atoms with van der Waals surface area (Å²) in [6.45, 7) is 1.71. The van der Waals surface area contributed by atoms with Crippen LogP contribution in [0, 0.1) is 6.92 Å². The number of hydrogen-bond donors (Lipinski definition) is 2. The van der Waals surface area contributed by atoms with E-state index in [1.165, 1.54) is 11.3 Å². The molecule has 100 valence electrons. The molecule has 0 bridgehead atoms. The third-order valence-electron chi connectivity index (χ3n) is 2.10. The van der Waals surface area contributed by atoms with Crippen molar-refractivity contribution in [1.82, 2.24) is 10.5 Å². The number of hydrogen-bond acceptors (Lipinski definition) is 6. The van der Waals surface area contributed by atoms with E-state index in [1.54, 1.807) is 30.8 Å². The summed E-state index contributed by atoms with van der Waals surface area (Å²) in [4.78, 5) is 23.8. The fourth-order valence-electron chi connectivity index (χ4n) is 1.29. The monoisotopic (exact) mass is 297 g/mol. The Bertz CT molecular complexity index is 606. The SMILES string of the molecule is CSc1ccc(C(=O)NC(=O)Nc2cc(C)on2)s1. The maximum atomic E-state index is 11.8. The van der Waals surface area contributed by atoms with Crippen molar-refractivity contribution in [2.24, 2.45) is 0 Å². The Morgan fingerprint density at radius 1 is 1.42 bits per heavy atom. The van der Waals surface area contributed by atoms with Crippen molar-refractivity contribution >= 4 is 40.9 Å². The first-order valence-electron chi connectivity index (χ1n) is 5.28. The number of carbonyl (C=O) groups excluding carboxylic acids is 2. The molecule has 2 aromatic heterocycles. The Labute approximate surface area is 117 Å². The van der Waals surface area contributed by atoms with Crippen molar-refractivity contribution in [2.45, 2.75) is 11.1 Å². The molecule has 0 unspecified atom stereocenters. The summed E-state index contributed by atoms with van der Waals surface area (Å²) in [5.41, 5.74) is 0. The second kappa shape index (κ2) is 5.89. The highest BCUT2D eigenvalue weighted by Crippen LogP contribution is 2.24. The highest BCUT2D eigenvalue weighted by atomic mass is 32.2. The third kappa shape index (κ3) is 3.58. The van der Waals surface area contributed by atoms with Crippen LogP contribution in [0.3, 0.4) is 0 Å². The van der Waals surface area contributed by atoms with Crippen LogP contribution >= 0.6 is 23.1 Å². The van der Waals surface area contributed by atoms with Gasteiger partial charge in [0.25, 0.3) is 5.91 Å². The van der Waals surface area contributed by atoms with Crippen LogP contribution in [0.2, 0.25) is 0 Å². The van der Waals surface area contributed by atoms with Crippen LogP contribution in [0.1, 0.15) is 15.4 Å². The van der Waals surface area contributed by atoms with E-state index >= 15 is 0 Å². The van der Waals surface area contributed by atoms with Gasteiger partial charge in [0, 0.05) is 6.07 Å². The van der Waals surface area contributed by atoms with E-state index in [-0.39, 0.29) is 5.82 Å². The Kier molecular flexibility index (Phi) is 4.23. The first kappa shape index (κ1) is 13.6. The zero-order chi connectivity index (χ0) is 13.8. The minimum Gasteiger partial charge on any atom is -0.360 e. The average molecular weight is 297 g/mol. The number of imide groups is 1. The van der Waals surface area contributed by atoms with Crippen molar-refractivity contribution in [3.05, 3.63) is 28.8 Å². The molecular formula is C11H11N3O3S2. The molecule has 3 amide bonds. The Morgan fingerprint density at radius 2 is 2.21 bits per heavy atom. The summed E-state index contributed by atoms with van der Waals surface area (Å²) in [5.74, 6) is 0.395. The normalized spacial score (nSPS) is 10.2. The molecule has 0 radical (unpaired) electrons. The van der Waals surface area contributed by atoms with Gasteiger partial charge in [-0.05, 0) is 25.3 Å². The van der Waals surface area contributed by atoms with Gasteiger partial charge in [-0.25, -0.2) is 4.79 Å². The second-order valence-electron chi connectivity index (χ2n) is 3.55. The zero-order valence-electron chi connectivity index (χ0n) is 10.2. The molecule has 2 rings (SSSR count). The second-order valence-corrected chi connectivity index (χ2v) is 5.74. The number of aryl methyl sites for hydroxylation is 1. The molecule has 0 spiro atoms. The highest BCUT2D eigenvalue weighted by Gasteiger charge is 2.13. The lowest BCUT2D eigenvalue weighted by atomic mass is 10.4. The van der Waals surface area contributed by atoms with Crippen molar-refractivity contribution in [1.29, 1.82) is 0 Å². The van der Waals surface area contributed by atoms with Crippen LogP contribution in [0.25, 0.3) is 0 Å². The molecule has 0 atom stereocenters. The Balaban J connectivity index is 1.93. The number of aromatic nitrogens is 1. The predicted molar refractivity (Wildman–Crippen MR) is 73.8 cm³/mol. The number of nitrogens with one attached hydrogen (secondary N) is 2. The quantitative estimate of drug-likeness (QED) is 0.851. The van der Waals surface area contributed by atoms with Gasteiger partial charge in [0.15, 0.2) is 5.82 Å². The van der Waals surface area contributed by atoms with Gasteiger partial charge in [-0.2, -0.15) is 0 Å². The number of nitrogens with zero attached hydrogens (tertiary/aromatic N) is 1. The molecular weight excluding hydrogens is 286 g/mol. The summed E-state index contributed by atoms with van der Waals surface area (Å²) in [5, 5.41) is 8.22. The summed E-state index contributed by atoms with van der Waals surface area (Å²) >= 11 is 2.88. The minimum atomic E-state index is -0.641. The van der Waals surface area contributed by atoms with Gasteiger partial charge in [-0.3, -0.25) is 15.4 Å². The number of thiophene rings is 1. The molecule has 2 aromatic rings. The van der Waals surface area contributed by atoms with Crippen LogP contribution in [-0.4, -0.2) is 23.4 Å². The van der Waals surface area contributed by atoms with Crippen LogP contribution < -0.4 is 10.6 Å². The van der Waals surface area contributed by atoms with Crippen molar-refractivity contribution in [3.63, 3.8) is 0 Å². The van der Waals surface area contributed by atoms with E-state index in [4.69, 9.17) is 4.52 Å². The number of thioether (sulfide) groups is 1. The van der Waals surface area contributed by atoms with Crippen LogP contribution in [0.15, 0.2) is 26.9 Å². The zero-order valence-corrected chi connectivity index (χ0v) is 11.9. The van der Waals surface area contributed by atoms with Gasteiger partial charge in [0.1, 0.15) is 5.76 Å². The van der Waals surface area contributed by atoms with Gasteiger partial charge < -0.3 is 4.52 Å². The van der Waals surface area contributed by atoms with E-state index in [0.717, 1.165) is 4.21 Å². The van der Waals surface area contributed by atoms with Gasteiger partial charge in [0.2, 0.25) is 0 Å². The number of amides is 3. The lowest BCUT2D eigenvalue weighted by Crippen LogP contribution is -2.33. The summed E-state index contributed by atoms with van der Waals surface area (Å²) in [6.07, 6.45) is 1.92. The number of urea groups is 1. The molecule has 0 saturated carbocycles. The number of carbonyl (C=O) groups is 2. The molecule has 2 N–H and O–H groups in total. The standard InChI is InChI=1S/C11H11N3O3S2/c1-6-5-8(14-17-6)12-11(16)13-10(15)7-3-4-9(18-2)19-7/h3-5H,1-2H3,(H2,12,13,14,15,16). The first-order valence-corrected chi connectivity index (χ1v) is 7.32.